The van der Waals surface area contributed by atoms with Crippen LogP contribution in [0.2, 0.25) is 0 Å². The fraction of sp³-hybridized carbons (Fsp3) is 0.419. The van der Waals surface area contributed by atoms with E-state index in [1.807, 2.05) is 52.9 Å². The van der Waals surface area contributed by atoms with E-state index in [1.165, 1.54) is 47.6 Å². The van der Waals surface area contributed by atoms with E-state index >= 15 is 0 Å². The number of aryl methyl sites for hydroxylation is 2. The van der Waals surface area contributed by atoms with Crippen LogP contribution in [-0.4, -0.2) is 20.9 Å². The third-order valence-corrected chi connectivity index (χ3v) is 13.3. The van der Waals surface area contributed by atoms with E-state index in [0.29, 0.717) is 0 Å². The molecular formula is C43H51IrN2O2S2-. The van der Waals surface area contributed by atoms with Gasteiger partial charge in [0, 0.05) is 72.5 Å². The van der Waals surface area contributed by atoms with Gasteiger partial charge in [-0.3, -0.25) is 9.78 Å². The number of allylic oxidation sites excluding steroid dienone is 2. The fourth-order valence-corrected chi connectivity index (χ4v) is 8.62. The predicted octanol–water partition coefficient (Wildman–Crippen LogP) is 13.2. The Morgan fingerprint density at radius 3 is 2.04 bits per heavy atom. The van der Waals surface area contributed by atoms with Gasteiger partial charge in [0.2, 0.25) is 0 Å². The molecule has 0 saturated heterocycles. The third kappa shape index (κ3) is 7.35. The van der Waals surface area contributed by atoms with Crippen LogP contribution in [0.4, 0.5) is 0 Å². The summed E-state index contributed by atoms with van der Waals surface area (Å²) in [5, 5.41) is 15.1. The molecule has 1 radical (unpaired) electrons. The van der Waals surface area contributed by atoms with Crippen LogP contribution >= 0.6 is 22.7 Å². The fourth-order valence-electron chi connectivity index (χ4n) is 6.37. The quantitative estimate of drug-likeness (QED) is 0.0940. The summed E-state index contributed by atoms with van der Waals surface area (Å²) in [6.45, 7) is 23.3. The Bertz CT molecular complexity index is 2190. The van der Waals surface area contributed by atoms with Gasteiger partial charge in [-0.25, -0.2) is 4.98 Å². The molecule has 3 aromatic heterocycles. The molecule has 7 heteroatoms. The smallest absolute Gasteiger partial charge is 0.164 e. The Hall–Kier alpha value is -2.96. The first-order valence-corrected chi connectivity index (χ1v) is 19.2. The van der Waals surface area contributed by atoms with E-state index in [0.717, 1.165) is 52.5 Å². The second kappa shape index (κ2) is 15.3. The van der Waals surface area contributed by atoms with Gasteiger partial charge < -0.3 is 5.11 Å². The van der Waals surface area contributed by atoms with Gasteiger partial charge in [0.05, 0.1) is 5.52 Å². The summed E-state index contributed by atoms with van der Waals surface area (Å²) in [6.07, 6.45) is 6.47. The molecule has 4 nitrogen and oxygen atoms in total. The molecule has 0 atom stereocenters. The molecule has 0 aliphatic rings. The molecular weight excluding hydrogens is 833 g/mol. The number of thiophene rings is 2. The molecule has 0 bridgehead atoms. The van der Waals surface area contributed by atoms with Gasteiger partial charge in [0.1, 0.15) is 12.1 Å². The van der Waals surface area contributed by atoms with Crippen molar-refractivity contribution in [1.29, 1.82) is 0 Å². The van der Waals surface area contributed by atoms with Gasteiger partial charge >= 0.3 is 0 Å². The SMILES string of the molecule is CCC(C)(CC)C(=O)/C=C(\O)C(C)(CC)CC.Cc1sc2ccc3sc4c(-c5[c-]c6ccccc6c(C(C)(C)C)c5)ncnc4c3c2c1C.[Ir]. The third-order valence-electron chi connectivity index (χ3n) is 11.0. The van der Waals surface area contributed by atoms with Gasteiger partial charge in [-0.2, -0.15) is 0 Å². The largest absolute Gasteiger partial charge is 0.512 e. The van der Waals surface area contributed by atoms with Crippen molar-refractivity contribution in [3.63, 3.8) is 0 Å². The Balaban J connectivity index is 0.000000269. The normalized spacial score (nSPS) is 12.7. The van der Waals surface area contributed by atoms with Crippen molar-refractivity contribution < 1.29 is 30.0 Å². The predicted molar refractivity (Wildman–Crippen MR) is 213 cm³/mol. The van der Waals surface area contributed by atoms with Crippen LogP contribution in [0.25, 0.3) is 52.4 Å². The molecule has 0 aliphatic heterocycles. The number of ketones is 1. The van der Waals surface area contributed by atoms with Gasteiger partial charge in [-0.1, -0.05) is 91.5 Å². The maximum atomic E-state index is 12.2. The van der Waals surface area contributed by atoms with Crippen LogP contribution in [0.15, 0.2) is 60.6 Å². The molecule has 0 unspecified atom stereocenters. The molecule has 3 aromatic carbocycles. The Kier molecular flexibility index (Phi) is 12.2. The number of nitrogens with zero attached hydrogens (tertiary/aromatic N) is 2. The van der Waals surface area contributed by atoms with Crippen molar-refractivity contribution in [3.05, 3.63) is 82.7 Å². The average molecular weight is 884 g/mol. The number of aliphatic hydroxyl groups excluding tert-OH is 1. The molecule has 1 N–H and O–H groups in total. The number of fused-ring (bicyclic) bond motifs is 6. The maximum Gasteiger partial charge on any atom is 0.164 e. The number of aromatic nitrogens is 2. The molecule has 0 aliphatic carbocycles. The standard InChI is InChI=1S/C28H23N2S2.C15H28O2.Ir/c1-15-16(2)31-21-10-11-22-24(23(15)21)26-27(32-22)25(29-14-30-26)18-12-17-8-6-7-9-19(17)20(13-18)28(3,4)5;1-7-14(5,8-2)12(16)11-13(17)15(6,9-3)10-4;/h6-11,13-14H,1-5H3;11,16H,7-10H2,1-6H3;/q-1;;/b;12-11-;. The minimum Gasteiger partial charge on any atom is -0.512 e. The van der Waals surface area contributed by atoms with Crippen LogP contribution in [0.1, 0.15) is 104 Å². The zero-order valence-electron chi connectivity index (χ0n) is 31.4. The molecule has 6 rings (SSSR count). The monoisotopic (exact) mass is 884 g/mol. The van der Waals surface area contributed by atoms with E-state index in [9.17, 15) is 9.90 Å². The van der Waals surface area contributed by atoms with Crippen molar-refractivity contribution in [2.75, 3.05) is 0 Å². The van der Waals surface area contributed by atoms with Gasteiger partial charge in [0.25, 0.3) is 0 Å². The van der Waals surface area contributed by atoms with Crippen molar-refractivity contribution in [1.82, 2.24) is 9.97 Å². The van der Waals surface area contributed by atoms with Crippen molar-refractivity contribution in [2.24, 2.45) is 10.8 Å². The number of carbonyl (C=O) groups excluding carboxylic acids is 1. The number of rotatable bonds is 8. The number of hydrogen-bond donors (Lipinski definition) is 1. The number of hydrogen-bond acceptors (Lipinski definition) is 6. The van der Waals surface area contributed by atoms with Crippen LogP contribution in [0.5, 0.6) is 0 Å². The molecule has 0 fully saturated rings. The van der Waals surface area contributed by atoms with Crippen LogP contribution in [0.3, 0.4) is 0 Å². The van der Waals surface area contributed by atoms with Gasteiger partial charge in [-0.15, -0.1) is 51.8 Å². The van der Waals surface area contributed by atoms with E-state index in [-0.39, 0.29) is 47.9 Å². The summed E-state index contributed by atoms with van der Waals surface area (Å²) in [4.78, 5) is 23.1. The molecule has 50 heavy (non-hydrogen) atoms. The Labute approximate surface area is 319 Å². The van der Waals surface area contributed by atoms with E-state index in [4.69, 9.17) is 9.97 Å². The molecule has 3 heterocycles. The van der Waals surface area contributed by atoms with E-state index < -0.39 is 0 Å². The zero-order valence-corrected chi connectivity index (χ0v) is 35.5. The first kappa shape index (κ1) is 39.8. The minimum absolute atomic E-state index is 0. The average Bonchev–Trinajstić information content (AvgIpc) is 3.62. The number of carbonyl (C=O) groups is 1. The molecule has 0 saturated carbocycles. The van der Waals surface area contributed by atoms with Crippen LogP contribution in [0, 0.1) is 30.7 Å². The first-order valence-electron chi connectivity index (χ1n) is 17.6. The molecule has 0 amide bonds. The zero-order chi connectivity index (χ0) is 35.9. The summed E-state index contributed by atoms with van der Waals surface area (Å²) in [6, 6.07) is 19.0. The minimum atomic E-state index is -0.337. The van der Waals surface area contributed by atoms with Crippen molar-refractivity contribution >= 4 is 69.6 Å². The summed E-state index contributed by atoms with van der Waals surface area (Å²) in [5.74, 6) is 0.286. The molecule has 0 spiro atoms. The number of benzene rings is 3. The number of aliphatic hydroxyl groups is 1. The summed E-state index contributed by atoms with van der Waals surface area (Å²) in [7, 11) is 0. The van der Waals surface area contributed by atoms with Crippen molar-refractivity contribution in [3.8, 4) is 11.3 Å². The first-order chi connectivity index (χ1) is 23.1. The van der Waals surface area contributed by atoms with Gasteiger partial charge in [-0.05, 0) is 62.6 Å². The second-order valence-electron chi connectivity index (χ2n) is 14.9. The van der Waals surface area contributed by atoms with Crippen molar-refractivity contribution in [2.45, 2.75) is 107 Å². The summed E-state index contributed by atoms with van der Waals surface area (Å²) in [5.41, 5.74) is 5.18. The second-order valence-corrected chi connectivity index (χ2v) is 17.2. The summed E-state index contributed by atoms with van der Waals surface area (Å²) < 4.78 is 3.75. The summed E-state index contributed by atoms with van der Waals surface area (Å²) >= 11 is 3.66. The van der Waals surface area contributed by atoms with Gasteiger partial charge in [0.15, 0.2) is 5.78 Å². The van der Waals surface area contributed by atoms with Crippen LogP contribution in [-0.2, 0) is 30.3 Å². The molecule has 267 valence electrons. The topological polar surface area (TPSA) is 63.1 Å². The Morgan fingerprint density at radius 2 is 1.44 bits per heavy atom. The maximum absolute atomic E-state index is 12.2. The Morgan fingerprint density at radius 1 is 0.840 bits per heavy atom. The van der Waals surface area contributed by atoms with Crippen LogP contribution < -0.4 is 0 Å². The molecule has 6 aromatic rings. The van der Waals surface area contributed by atoms with E-state index in [1.54, 1.807) is 17.7 Å². The van der Waals surface area contributed by atoms with E-state index in [2.05, 4.69) is 83.1 Å².